The molecule has 10 nitrogen and oxygen atoms in total. The lowest BCUT2D eigenvalue weighted by molar-refractivity contribution is -0.272. The van der Waals surface area contributed by atoms with Crippen LogP contribution in [-0.4, -0.2) is 91.5 Å². The highest BCUT2D eigenvalue weighted by Gasteiger charge is 2.47. The maximum absolute atomic E-state index is 10.8. The topological polar surface area (TPSA) is 177 Å². The number of rotatable bonds is 5. The summed E-state index contributed by atoms with van der Waals surface area (Å²) in [5.41, 5.74) is 0. The molecule has 1 unspecified atom stereocenters. The molecule has 6 atom stereocenters. The molecule has 0 saturated carbocycles. The lowest BCUT2D eigenvalue weighted by Gasteiger charge is -2.44. The Labute approximate surface area is 108 Å². The zero-order valence-corrected chi connectivity index (χ0v) is 9.90. The molecule has 0 radical (unpaired) electrons. The summed E-state index contributed by atoms with van der Waals surface area (Å²) in [6, 6.07) is -1.57. The zero-order chi connectivity index (χ0) is 14.7. The van der Waals surface area contributed by atoms with Crippen LogP contribution in [0.2, 0.25) is 0 Å². The maximum atomic E-state index is 10.8. The third-order valence-corrected chi connectivity index (χ3v) is 2.98. The second-order valence-corrected chi connectivity index (χ2v) is 4.20. The number of hydrogen-bond donors (Lipinski definition) is 7. The Hall–Kier alpha value is -0.850. The smallest absolute Gasteiger partial charge is 0.324 e. The minimum absolute atomic E-state index is 0.519. The first kappa shape index (κ1) is 16.2. The highest BCUT2D eigenvalue weighted by Crippen LogP contribution is 2.23. The van der Waals surface area contributed by atoms with Gasteiger partial charge < -0.3 is 35.4 Å². The van der Waals surface area contributed by atoms with Crippen molar-refractivity contribution in [2.75, 3.05) is 13.2 Å². The van der Waals surface area contributed by atoms with Gasteiger partial charge in [0.2, 0.25) is 0 Å². The monoisotopic (exact) mass is 282 g/mol. The summed E-state index contributed by atoms with van der Waals surface area (Å²) in [6.07, 6.45) is -7.64. The number of carboxylic acid groups (broad SMARTS) is 1. The van der Waals surface area contributed by atoms with Crippen molar-refractivity contribution in [2.24, 2.45) is 5.84 Å². The number of hydrogen-bond acceptors (Lipinski definition) is 9. The van der Waals surface area contributed by atoms with E-state index in [-0.39, 0.29) is 0 Å². The normalized spacial score (nSPS) is 37.3. The van der Waals surface area contributed by atoms with E-state index in [2.05, 4.69) is 0 Å². The first-order valence-corrected chi connectivity index (χ1v) is 5.52. The van der Waals surface area contributed by atoms with E-state index >= 15 is 0 Å². The van der Waals surface area contributed by atoms with Crippen molar-refractivity contribution in [3.63, 3.8) is 0 Å². The Balaban J connectivity index is 2.88. The summed E-state index contributed by atoms with van der Waals surface area (Å²) in [6.45, 7) is -1.51. The highest BCUT2D eigenvalue weighted by atomic mass is 16.6. The Morgan fingerprint density at radius 3 is 2.21 bits per heavy atom. The third-order valence-electron chi connectivity index (χ3n) is 2.98. The lowest BCUT2D eigenvalue weighted by Crippen LogP contribution is -2.67. The Bertz CT molecular complexity index is 315. The number of carbonyl (C=O) groups is 1. The van der Waals surface area contributed by atoms with Crippen LogP contribution in [0, 0.1) is 0 Å². The molecule has 8 N–H and O–H groups in total. The van der Waals surface area contributed by atoms with E-state index in [1.165, 1.54) is 0 Å². The number of hydrazine groups is 1. The van der Waals surface area contributed by atoms with Gasteiger partial charge in [0.15, 0.2) is 6.23 Å². The Morgan fingerprint density at radius 2 is 1.79 bits per heavy atom. The van der Waals surface area contributed by atoms with E-state index in [9.17, 15) is 20.1 Å². The summed E-state index contributed by atoms with van der Waals surface area (Å²) in [4.78, 5) is 10.8. The molecule has 0 aromatic rings. The van der Waals surface area contributed by atoms with E-state index in [0.717, 1.165) is 0 Å². The average molecular weight is 282 g/mol. The van der Waals surface area contributed by atoms with Gasteiger partial charge in [0.25, 0.3) is 0 Å². The molecule has 10 heteroatoms. The fraction of sp³-hybridized carbons (Fsp3) is 0.889. The molecule has 0 aromatic heterocycles. The van der Waals surface area contributed by atoms with Crippen molar-refractivity contribution in [1.29, 1.82) is 0 Å². The number of aliphatic carboxylic acids is 1. The minimum Gasteiger partial charge on any atom is -0.480 e. The predicted molar refractivity (Wildman–Crippen MR) is 58.3 cm³/mol. The average Bonchev–Trinajstić information content (AvgIpc) is 2.36. The molecule has 1 aliphatic rings. The van der Waals surface area contributed by atoms with Crippen LogP contribution in [0.3, 0.4) is 0 Å². The molecule has 1 rings (SSSR count). The number of nitrogens with zero attached hydrogens (tertiary/aromatic N) is 1. The first-order valence-electron chi connectivity index (χ1n) is 5.52. The van der Waals surface area contributed by atoms with Gasteiger partial charge in [-0.25, -0.2) is 0 Å². The van der Waals surface area contributed by atoms with Gasteiger partial charge >= 0.3 is 5.97 Å². The van der Waals surface area contributed by atoms with E-state index in [1.807, 2.05) is 0 Å². The maximum Gasteiger partial charge on any atom is 0.324 e. The molecule has 19 heavy (non-hydrogen) atoms. The van der Waals surface area contributed by atoms with Crippen LogP contribution in [0.25, 0.3) is 0 Å². The van der Waals surface area contributed by atoms with Crippen LogP contribution < -0.4 is 5.84 Å². The number of carboxylic acids is 1. The Kier molecular flexibility index (Phi) is 5.58. The summed E-state index contributed by atoms with van der Waals surface area (Å²) in [5, 5.41) is 56.0. The second-order valence-electron chi connectivity index (χ2n) is 4.20. The van der Waals surface area contributed by atoms with Crippen LogP contribution in [0.5, 0.6) is 0 Å². The minimum atomic E-state index is -1.70. The van der Waals surface area contributed by atoms with Crippen LogP contribution in [-0.2, 0) is 9.53 Å². The van der Waals surface area contributed by atoms with Crippen LogP contribution in [0.15, 0.2) is 0 Å². The van der Waals surface area contributed by atoms with Crippen molar-refractivity contribution in [2.45, 2.75) is 36.7 Å². The van der Waals surface area contributed by atoms with Crippen molar-refractivity contribution < 1.29 is 40.2 Å². The van der Waals surface area contributed by atoms with Gasteiger partial charge in [-0.05, 0) is 0 Å². The number of nitrogens with two attached hydrogens (primary N) is 1. The molecule has 0 aliphatic carbocycles. The molecule has 112 valence electrons. The van der Waals surface area contributed by atoms with Crippen molar-refractivity contribution >= 4 is 5.97 Å². The number of ether oxygens (including phenoxy) is 1. The molecule has 1 heterocycles. The van der Waals surface area contributed by atoms with Crippen molar-refractivity contribution in [3.8, 4) is 0 Å². The van der Waals surface area contributed by atoms with E-state index < -0.39 is 55.9 Å². The van der Waals surface area contributed by atoms with E-state index in [1.54, 1.807) is 0 Å². The van der Waals surface area contributed by atoms with Crippen molar-refractivity contribution in [1.82, 2.24) is 5.01 Å². The summed E-state index contributed by atoms with van der Waals surface area (Å²) in [5.74, 6) is 4.00. The van der Waals surface area contributed by atoms with Gasteiger partial charge in [0.1, 0.15) is 30.5 Å². The molecular weight excluding hydrogens is 264 g/mol. The number of aliphatic hydroxyl groups is 5. The predicted octanol–water partition coefficient (Wildman–Crippen LogP) is -4.59. The molecule has 0 aromatic carbocycles. The second kappa shape index (κ2) is 6.54. The SMILES string of the molecule is NN(C1O[C@H](CO)[C@@H](O)[C@H](O)[C@@H]1O)[C@@H](CO)C(=O)O. The molecular formula is C9H18N2O8. The van der Waals surface area contributed by atoms with Crippen LogP contribution >= 0.6 is 0 Å². The molecule has 0 spiro atoms. The zero-order valence-electron chi connectivity index (χ0n) is 9.90. The first-order chi connectivity index (χ1) is 8.84. The number of aliphatic hydroxyl groups excluding tert-OH is 5. The summed E-state index contributed by atoms with van der Waals surface area (Å²) in [7, 11) is 0. The van der Waals surface area contributed by atoms with Crippen molar-refractivity contribution in [3.05, 3.63) is 0 Å². The van der Waals surface area contributed by atoms with Crippen LogP contribution in [0.1, 0.15) is 0 Å². The fourth-order valence-corrected chi connectivity index (χ4v) is 1.81. The van der Waals surface area contributed by atoms with E-state index in [0.29, 0.717) is 5.01 Å². The molecule has 1 fully saturated rings. The van der Waals surface area contributed by atoms with Crippen LogP contribution in [0.4, 0.5) is 0 Å². The molecule has 0 bridgehead atoms. The summed E-state index contributed by atoms with van der Waals surface area (Å²) >= 11 is 0. The van der Waals surface area contributed by atoms with Gasteiger partial charge in [-0.2, -0.15) is 5.01 Å². The van der Waals surface area contributed by atoms with E-state index in [4.69, 9.17) is 25.9 Å². The summed E-state index contributed by atoms with van der Waals surface area (Å²) < 4.78 is 5.04. The van der Waals surface area contributed by atoms with Gasteiger partial charge in [-0.1, -0.05) is 0 Å². The quantitative estimate of drug-likeness (QED) is 0.192. The largest absolute Gasteiger partial charge is 0.480 e. The highest BCUT2D eigenvalue weighted by molar-refractivity contribution is 5.73. The third kappa shape index (κ3) is 3.19. The van der Waals surface area contributed by atoms with Gasteiger partial charge in [-0.15, -0.1) is 0 Å². The fourth-order valence-electron chi connectivity index (χ4n) is 1.81. The van der Waals surface area contributed by atoms with Gasteiger partial charge in [0.05, 0.1) is 13.2 Å². The molecule has 1 saturated heterocycles. The van der Waals surface area contributed by atoms with Gasteiger partial charge in [0, 0.05) is 0 Å². The lowest BCUT2D eigenvalue weighted by atomic mass is 9.98. The molecule has 1 aliphatic heterocycles. The molecule has 0 amide bonds. The Morgan fingerprint density at radius 1 is 1.21 bits per heavy atom. The van der Waals surface area contributed by atoms with Gasteiger partial charge in [-0.3, -0.25) is 10.6 Å². The standard InChI is InChI=1S/C9H18N2O8/c10-11(3(1-12)9(17)18)8-7(16)6(15)5(14)4(2-13)19-8/h3-8,12-16H,1-2,10H2,(H,17,18)/t3-,4+,5+,6-,7-,8?/m0/s1.